The van der Waals surface area contributed by atoms with E-state index in [2.05, 4.69) is 42.0 Å². The summed E-state index contributed by atoms with van der Waals surface area (Å²) < 4.78 is 33.8. The molecule has 260 valence electrons. The zero-order valence-electron chi connectivity index (χ0n) is 29.6. The molecule has 0 aromatic heterocycles. The number of carbonyl (C=O) groups is 1. The lowest BCUT2D eigenvalue weighted by Gasteiger charge is -2.58. The van der Waals surface area contributed by atoms with Gasteiger partial charge in [0.05, 0.1) is 27.4 Å². The summed E-state index contributed by atoms with van der Waals surface area (Å²) in [7, 11) is 9.05. The van der Waals surface area contributed by atoms with Crippen LogP contribution < -0.4 is 23.7 Å². The van der Waals surface area contributed by atoms with Gasteiger partial charge in [-0.25, -0.2) is 4.79 Å². The molecule has 4 heterocycles. The summed E-state index contributed by atoms with van der Waals surface area (Å²) in [6, 6.07) is 13.5. The molecule has 9 heteroatoms. The van der Waals surface area contributed by atoms with Crippen molar-refractivity contribution in [2.75, 3.05) is 55.3 Å². The summed E-state index contributed by atoms with van der Waals surface area (Å²) in [5.41, 5.74) is 8.61. The number of benzene rings is 3. The minimum absolute atomic E-state index is 0.160. The van der Waals surface area contributed by atoms with Crippen LogP contribution in [0.5, 0.6) is 28.7 Å². The first-order valence-corrected chi connectivity index (χ1v) is 17.7. The van der Waals surface area contributed by atoms with E-state index in [4.69, 9.17) is 28.4 Å². The van der Waals surface area contributed by atoms with Crippen molar-refractivity contribution in [3.8, 4) is 28.7 Å². The van der Waals surface area contributed by atoms with Crippen molar-refractivity contribution in [1.82, 2.24) is 9.80 Å². The molecule has 49 heavy (non-hydrogen) atoms. The van der Waals surface area contributed by atoms with Crippen LogP contribution in [0.25, 0.3) is 0 Å². The molecule has 0 unspecified atom stereocenters. The van der Waals surface area contributed by atoms with Crippen LogP contribution in [0.1, 0.15) is 88.0 Å². The quantitative estimate of drug-likeness (QED) is 0.287. The summed E-state index contributed by atoms with van der Waals surface area (Å²) >= 11 is 0. The van der Waals surface area contributed by atoms with Gasteiger partial charge in [-0.05, 0) is 94.4 Å². The van der Waals surface area contributed by atoms with E-state index in [1.807, 2.05) is 19.2 Å². The lowest BCUT2D eigenvalue weighted by Crippen LogP contribution is -2.59. The monoisotopic (exact) mass is 668 g/mol. The molecule has 6 aliphatic rings. The molecular formula is C40H48N2O7. The average molecular weight is 669 g/mol. The van der Waals surface area contributed by atoms with Crippen LogP contribution in [0.15, 0.2) is 36.4 Å². The molecule has 2 bridgehead atoms. The first-order chi connectivity index (χ1) is 23.8. The number of rotatable bonds is 4. The van der Waals surface area contributed by atoms with E-state index in [-0.39, 0.29) is 12.8 Å². The topological polar surface area (TPSA) is 78.9 Å². The van der Waals surface area contributed by atoms with Crippen molar-refractivity contribution >= 4 is 5.97 Å². The van der Waals surface area contributed by atoms with Gasteiger partial charge in [-0.3, -0.25) is 4.90 Å². The first kappa shape index (κ1) is 32.3. The third-order valence-corrected chi connectivity index (χ3v) is 12.3. The Balaban J connectivity index is 0.000000157. The van der Waals surface area contributed by atoms with E-state index in [9.17, 15) is 4.79 Å². The summed E-state index contributed by atoms with van der Waals surface area (Å²) in [4.78, 5) is 17.7. The third-order valence-electron chi connectivity index (χ3n) is 12.3. The van der Waals surface area contributed by atoms with E-state index in [1.54, 1.807) is 31.4 Å². The highest BCUT2D eigenvalue weighted by Crippen LogP contribution is 2.57. The Morgan fingerprint density at radius 2 is 1.71 bits per heavy atom. The van der Waals surface area contributed by atoms with Crippen LogP contribution in [0.3, 0.4) is 0 Å². The van der Waals surface area contributed by atoms with Gasteiger partial charge in [0.1, 0.15) is 11.7 Å². The van der Waals surface area contributed by atoms with Crippen LogP contribution in [0.2, 0.25) is 0 Å². The molecule has 9 nitrogen and oxygen atoms in total. The molecule has 1 saturated carbocycles. The zero-order chi connectivity index (χ0) is 34.0. The molecule has 3 aromatic rings. The Hall–Kier alpha value is -3.95. The number of piperidine rings is 1. The number of hydrogen-bond donors (Lipinski definition) is 0. The number of methoxy groups -OCH3 is 3. The highest BCUT2D eigenvalue weighted by Gasteiger charge is 2.53. The molecule has 9 rings (SSSR count). The van der Waals surface area contributed by atoms with E-state index in [0.29, 0.717) is 39.7 Å². The second-order valence-corrected chi connectivity index (χ2v) is 14.7. The number of fused-ring (bicyclic) bond motifs is 4. The van der Waals surface area contributed by atoms with E-state index in [0.717, 1.165) is 41.6 Å². The smallest absolute Gasteiger partial charge is 0.343 e. The van der Waals surface area contributed by atoms with Gasteiger partial charge >= 0.3 is 5.97 Å². The number of ether oxygens (including phenoxy) is 6. The molecule has 3 aromatic carbocycles. The molecule has 0 N–H and O–H groups in total. The largest absolute Gasteiger partial charge is 0.493 e. The maximum Gasteiger partial charge on any atom is 0.343 e. The van der Waals surface area contributed by atoms with Gasteiger partial charge in [-0.1, -0.05) is 42.7 Å². The minimum Gasteiger partial charge on any atom is -0.493 e. The highest BCUT2D eigenvalue weighted by molar-refractivity contribution is 5.98. The van der Waals surface area contributed by atoms with Crippen molar-refractivity contribution in [3.63, 3.8) is 0 Å². The van der Waals surface area contributed by atoms with Crippen LogP contribution in [-0.2, 0) is 23.0 Å². The number of hydrogen-bond acceptors (Lipinski definition) is 9. The van der Waals surface area contributed by atoms with Crippen LogP contribution in [-0.4, -0.2) is 77.1 Å². The minimum atomic E-state index is -0.523. The van der Waals surface area contributed by atoms with Crippen LogP contribution in [0, 0.1) is 12.8 Å². The molecule has 1 saturated heterocycles. The van der Waals surface area contributed by atoms with Gasteiger partial charge < -0.3 is 33.3 Å². The molecular weight excluding hydrogens is 620 g/mol. The maximum atomic E-state index is 12.9. The fourth-order valence-electron chi connectivity index (χ4n) is 10.0. The second kappa shape index (κ2) is 12.4. The number of likely N-dealkylation sites (tertiary alicyclic amines) is 1. The normalized spacial score (nSPS) is 27.8. The Kier molecular flexibility index (Phi) is 8.18. The maximum absolute atomic E-state index is 12.9. The van der Waals surface area contributed by atoms with Crippen molar-refractivity contribution in [2.24, 2.45) is 5.92 Å². The highest BCUT2D eigenvalue weighted by atomic mass is 16.7. The van der Waals surface area contributed by atoms with Gasteiger partial charge in [0.2, 0.25) is 12.5 Å². The number of nitrogens with zero attached hydrogens (tertiary/aromatic N) is 2. The Labute approximate surface area is 289 Å². The Morgan fingerprint density at radius 3 is 2.51 bits per heavy atom. The molecule has 0 amide bonds. The fraction of sp³-hybridized carbons (Fsp3) is 0.525. The summed E-state index contributed by atoms with van der Waals surface area (Å²) in [5, 5.41) is 0. The molecule has 5 atom stereocenters. The van der Waals surface area contributed by atoms with Crippen LogP contribution >= 0.6 is 0 Å². The number of carbonyl (C=O) groups excluding carboxylic acids is 1. The van der Waals surface area contributed by atoms with E-state index >= 15 is 0 Å². The number of esters is 1. The standard InChI is InChI=1S/C22H23NO7.C18H25N/c1-23-8-7-11-9-14-20(29-10-28-14)21(27-4)15(11)17(23)18-12-5-6-13(25-2)19(26-3)16(12)22(24)30-18;1-13-6-7-14-12-17-15-5-3-4-8-18(15,16(14)11-13)9-10-19(17)2/h5-6,9,17-18H,7-8,10H2,1-4H3;6-7,11,15,17H,3-5,8-10,12H2,1-2H3/t17-,18+;15-,17+,18+/m11/s1. The zero-order valence-corrected chi connectivity index (χ0v) is 29.6. The second-order valence-electron chi connectivity index (χ2n) is 14.7. The predicted molar refractivity (Wildman–Crippen MR) is 185 cm³/mol. The first-order valence-electron chi connectivity index (χ1n) is 17.7. The molecule has 0 radical (unpaired) electrons. The van der Waals surface area contributed by atoms with Gasteiger partial charge in [0.15, 0.2) is 23.0 Å². The van der Waals surface area contributed by atoms with E-state index < -0.39 is 12.1 Å². The fourth-order valence-corrected chi connectivity index (χ4v) is 10.0. The predicted octanol–water partition coefficient (Wildman–Crippen LogP) is 6.57. The van der Waals surface area contributed by atoms with Crippen molar-refractivity contribution < 1.29 is 33.2 Å². The van der Waals surface area contributed by atoms with Crippen molar-refractivity contribution in [2.45, 2.75) is 75.5 Å². The Bertz CT molecular complexity index is 1790. The van der Waals surface area contributed by atoms with Gasteiger partial charge in [0.25, 0.3) is 0 Å². The number of cyclic esters (lactones) is 1. The Morgan fingerprint density at radius 1 is 0.878 bits per heavy atom. The molecule has 2 aliphatic carbocycles. The third kappa shape index (κ3) is 4.98. The number of likely N-dealkylation sites (N-methyl/N-ethyl adjacent to an activating group) is 2. The van der Waals surface area contributed by atoms with Crippen LogP contribution in [0.4, 0.5) is 0 Å². The molecule has 0 spiro atoms. The average Bonchev–Trinajstić information content (AvgIpc) is 3.73. The van der Waals surface area contributed by atoms with Gasteiger partial charge in [-0.15, -0.1) is 0 Å². The van der Waals surface area contributed by atoms with Crippen molar-refractivity contribution in [3.05, 3.63) is 75.3 Å². The van der Waals surface area contributed by atoms with Crippen molar-refractivity contribution in [1.29, 1.82) is 0 Å². The lowest BCUT2D eigenvalue weighted by molar-refractivity contribution is 0.00283. The van der Waals surface area contributed by atoms with Gasteiger partial charge in [-0.2, -0.15) is 0 Å². The van der Waals surface area contributed by atoms with Gasteiger partial charge in [0, 0.05) is 29.1 Å². The lowest BCUT2D eigenvalue weighted by atomic mass is 9.52. The molecule has 2 fully saturated rings. The van der Waals surface area contributed by atoms with E-state index in [1.165, 1.54) is 57.7 Å². The molecule has 4 aliphatic heterocycles. The SMILES string of the molecule is COc1ccc2c(c1OC)C(=O)O[C@@H]2[C@H]1c2c(cc3c(c2OC)OCO3)CCN1C.Cc1ccc2c(c1)[C@]13CCCC[C@@H]1[C@H](C2)N(C)CC3. The summed E-state index contributed by atoms with van der Waals surface area (Å²) in [6.07, 6.45) is 8.79. The summed E-state index contributed by atoms with van der Waals surface area (Å²) in [5.74, 6) is 3.28. The summed E-state index contributed by atoms with van der Waals surface area (Å²) in [6.45, 7) is 4.52. The number of aryl methyl sites for hydroxylation is 1.